The zero-order valence-corrected chi connectivity index (χ0v) is 52.3. The summed E-state index contributed by atoms with van der Waals surface area (Å²) in [7, 11) is -18.3. The Hall–Kier alpha value is -11.1. The highest BCUT2D eigenvalue weighted by atomic mass is 32.2. The number of rotatable bonds is 12. The third kappa shape index (κ3) is 16.4. The van der Waals surface area contributed by atoms with Crippen molar-refractivity contribution in [1.82, 2.24) is 0 Å². The summed E-state index contributed by atoms with van der Waals surface area (Å²) < 4.78 is 192. The SMILES string of the molecule is O=S(=O)(Oc1cc2ccccc2cc1-c1ccccc1)C(F)(F)F.O=S(=O)(Oc1cc2ccccc2cc1OS(=O)(=O)C(F)(F)F)C(F)(F)F.Oc1cc2ccccc2cc1O.c1ccc(-c2ccc(N(c3ccccc3)c3cc4ccccc4cc3-c3ccccc3)cc2)cc1. The average molecular weight is 1380 g/mol. The Balaban J connectivity index is 0.000000148. The number of hydrogen-bond acceptors (Lipinski definition) is 12. The van der Waals surface area contributed by atoms with Crippen molar-refractivity contribution in [2.24, 2.45) is 0 Å². The zero-order chi connectivity index (χ0) is 69.3. The van der Waals surface area contributed by atoms with Gasteiger partial charge in [-0.3, -0.25) is 0 Å². The zero-order valence-electron chi connectivity index (χ0n) is 49.9. The van der Waals surface area contributed by atoms with Crippen LogP contribution in [-0.4, -0.2) is 52.0 Å². The second-order valence-corrected chi connectivity index (χ2v) is 25.6. The van der Waals surface area contributed by atoms with Gasteiger partial charge in [0.1, 0.15) is 0 Å². The largest absolute Gasteiger partial charge is 0.534 e. The molecule has 24 heteroatoms. The quantitative estimate of drug-likeness (QED) is 0.0514. The summed E-state index contributed by atoms with van der Waals surface area (Å²) in [5.41, 5.74) is -8.22. The van der Waals surface area contributed by atoms with E-state index in [0.29, 0.717) is 23.1 Å². The lowest BCUT2D eigenvalue weighted by atomic mass is 9.97. The molecule has 0 aliphatic carbocycles. The molecule has 0 heterocycles. The van der Waals surface area contributed by atoms with Crippen LogP contribution >= 0.6 is 0 Å². The van der Waals surface area contributed by atoms with Crippen LogP contribution in [0.1, 0.15) is 0 Å². The van der Waals surface area contributed by atoms with Crippen molar-refractivity contribution in [3.8, 4) is 62.1 Å². The van der Waals surface area contributed by atoms with Gasteiger partial charge >= 0.3 is 46.9 Å². The van der Waals surface area contributed by atoms with Crippen LogP contribution in [0.5, 0.6) is 28.7 Å². The second kappa shape index (κ2) is 28.5. The van der Waals surface area contributed by atoms with Gasteiger partial charge in [0.15, 0.2) is 28.7 Å². The molecule has 0 unspecified atom stereocenters. The number of para-hydroxylation sites is 1. The van der Waals surface area contributed by atoms with Gasteiger partial charge in [-0.1, -0.05) is 218 Å². The summed E-state index contributed by atoms with van der Waals surface area (Å²) in [6, 6.07) is 89.3. The monoisotopic (exact) mass is 1380 g/mol. The third-order valence-corrected chi connectivity index (χ3v) is 17.4. The molecule has 0 radical (unpaired) electrons. The highest BCUT2D eigenvalue weighted by Gasteiger charge is 2.51. The maximum atomic E-state index is 12.7. The molecule has 97 heavy (non-hydrogen) atoms. The Morgan fingerprint density at radius 2 is 0.526 bits per heavy atom. The fourth-order valence-electron chi connectivity index (χ4n) is 9.87. The third-order valence-electron chi connectivity index (χ3n) is 14.5. The van der Waals surface area contributed by atoms with Crippen LogP contribution in [0, 0.1) is 0 Å². The highest BCUT2D eigenvalue weighted by Crippen LogP contribution is 2.45. The predicted molar refractivity (Wildman–Crippen MR) is 357 cm³/mol. The summed E-state index contributed by atoms with van der Waals surface area (Å²) in [6.45, 7) is 0. The molecule has 0 fully saturated rings. The Morgan fingerprint density at radius 3 is 0.897 bits per heavy atom. The average Bonchev–Trinajstić information content (AvgIpc) is 0.780. The minimum absolute atomic E-state index is 0.0524. The molecule has 13 aromatic rings. The standard InChI is InChI=1S/C34H25N.C17H11F3O3S.C12H6F6O6S2.C10H8O2/c1-4-12-26(13-5-1)27-20-22-32(23-21-27)35(31-18-8-3-9-19-31)34-25-30-17-11-10-16-29(30)24-33(34)28-14-6-2-7-15-28;18-17(19,20)24(21,22)23-16-11-14-9-5-4-8-13(14)10-15(16)12-6-2-1-3-7-12;13-11(14,15)25(19,20)23-9-5-7-3-1-2-4-8(7)6-10(9)24-26(21,22)12(16,17)18;11-9-5-7-3-1-2-4-8(7)6-10(9)12/h1-25H;1-11H;1-6H;1-6,11-12H. The van der Waals surface area contributed by atoms with Gasteiger partial charge in [-0.2, -0.15) is 64.8 Å². The van der Waals surface area contributed by atoms with Gasteiger partial charge in [0.25, 0.3) is 0 Å². The van der Waals surface area contributed by atoms with E-state index in [9.17, 15) is 64.8 Å². The number of aromatic hydroxyl groups is 2. The summed E-state index contributed by atoms with van der Waals surface area (Å²) in [4.78, 5) is 2.36. The summed E-state index contributed by atoms with van der Waals surface area (Å²) in [5, 5.41) is 24.1. The maximum Gasteiger partial charge on any atom is 0.534 e. The van der Waals surface area contributed by atoms with Crippen molar-refractivity contribution < 1.29 is 87.5 Å². The van der Waals surface area contributed by atoms with Crippen molar-refractivity contribution in [1.29, 1.82) is 0 Å². The number of nitrogens with zero attached hydrogens (tertiary/aromatic N) is 1. The van der Waals surface area contributed by atoms with Crippen molar-refractivity contribution in [3.63, 3.8) is 0 Å². The summed E-state index contributed by atoms with van der Waals surface area (Å²) >= 11 is 0. The minimum Gasteiger partial charge on any atom is -0.504 e. The summed E-state index contributed by atoms with van der Waals surface area (Å²) in [6.07, 6.45) is 0. The van der Waals surface area contributed by atoms with Crippen molar-refractivity contribution >= 4 is 90.5 Å². The van der Waals surface area contributed by atoms with Crippen molar-refractivity contribution in [3.05, 3.63) is 291 Å². The first-order valence-electron chi connectivity index (χ1n) is 28.7. The molecule has 0 aromatic heterocycles. The van der Waals surface area contributed by atoms with E-state index < -0.39 is 58.4 Å². The van der Waals surface area contributed by atoms with Crippen LogP contribution in [0.2, 0.25) is 0 Å². The van der Waals surface area contributed by atoms with Crippen LogP contribution in [0.25, 0.3) is 76.5 Å². The molecule has 0 aliphatic heterocycles. The lowest BCUT2D eigenvalue weighted by Crippen LogP contribution is -2.30. The predicted octanol–water partition coefficient (Wildman–Crippen LogP) is 19.9. The fraction of sp³-hybridized carbons (Fsp3) is 0.0411. The van der Waals surface area contributed by atoms with Crippen LogP contribution in [-0.2, 0) is 30.4 Å². The van der Waals surface area contributed by atoms with Crippen LogP contribution in [0.3, 0.4) is 0 Å². The number of anilines is 3. The Labute approximate surface area is 549 Å². The number of halogens is 9. The molecule has 0 atom stereocenters. The molecule has 0 saturated carbocycles. The molecule has 0 amide bonds. The molecule has 0 saturated heterocycles. The molecular formula is C73H50F9NO11S3. The Bertz CT molecular complexity index is 5170. The van der Waals surface area contributed by atoms with Gasteiger partial charge in [-0.05, 0) is 138 Å². The Kier molecular flexibility index (Phi) is 20.2. The topological polar surface area (TPSA) is 174 Å². The molecule has 2 N–H and O–H groups in total. The number of hydrogen-bond donors (Lipinski definition) is 2. The van der Waals surface area contributed by atoms with Gasteiger partial charge in [-0.15, -0.1) is 0 Å². The van der Waals surface area contributed by atoms with E-state index in [1.165, 1.54) is 63.4 Å². The molecule has 0 bridgehead atoms. The fourth-order valence-corrected chi connectivity index (χ4v) is 11.3. The number of phenolic OH excluding ortho intramolecular Hbond substituents is 2. The van der Waals surface area contributed by atoms with E-state index in [1.54, 1.807) is 72.8 Å². The number of alkyl halides is 9. The molecule has 0 spiro atoms. The second-order valence-electron chi connectivity index (χ2n) is 21.0. The van der Waals surface area contributed by atoms with Crippen molar-refractivity contribution in [2.45, 2.75) is 16.5 Å². The van der Waals surface area contributed by atoms with Crippen molar-refractivity contribution in [2.75, 3.05) is 4.90 Å². The van der Waals surface area contributed by atoms with Gasteiger partial charge in [0, 0.05) is 22.5 Å². The lowest BCUT2D eigenvalue weighted by Gasteiger charge is -2.28. The molecule has 0 aliphatic rings. The first-order valence-corrected chi connectivity index (χ1v) is 32.9. The lowest BCUT2D eigenvalue weighted by molar-refractivity contribution is -0.0513. The van der Waals surface area contributed by atoms with Crippen LogP contribution in [0.15, 0.2) is 291 Å². The molecule has 494 valence electrons. The van der Waals surface area contributed by atoms with E-state index in [1.807, 2.05) is 24.3 Å². The number of fused-ring (bicyclic) bond motifs is 4. The number of phenols is 2. The maximum absolute atomic E-state index is 12.7. The van der Waals surface area contributed by atoms with E-state index in [-0.39, 0.29) is 33.6 Å². The van der Waals surface area contributed by atoms with Gasteiger partial charge in [0.2, 0.25) is 0 Å². The van der Waals surface area contributed by atoms with E-state index in [2.05, 4.69) is 169 Å². The first kappa shape index (κ1) is 68.8. The first-order chi connectivity index (χ1) is 46.1. The molecule has 13 rings (SSSR count). The normalized spacial score (nSPS) is 11.9. The highest BCUT2D eigenvalue weighted by molar-refractivity contribution is 7.88. The molecular weight excluding hydrogens is 1330 g/mol. The number of benzene rings is 13. The van der Waals surface area contributed by atoms with Crippen LogP contribution < -0.4 is 17.4 Å². The Morgan fingerprint density at radius 1 is 0.268 bits per heavy atom. The van der Waals surface area contributed by atoms with E-state index in [4.69, 9.17) is 10.2 Å². The van der Waals surface area contributed by atoms with Crippen LogP contribution in [0.4, 0.5) is 56.6 Å². The van der Waals surface area contributed by atoms with E-state index >= 15 is 0 Å². The smallest absolute Gasteiger partial charge is 0.504 e. The molecule has 13 aromatic carbocycles. The minimum atomic E-state index is -6.29. The molecule has 12 nitrogen and oxygen atoms in total. The van der Waals surface area contributed by atoms with E-state index in [0.717, 1.165) is 33.2 Å². The summed E-state index contributed by atoms with van der Waals surface area (Å²) in [5.74, 6) is -3.28. The van der Waals surface area contributed by atoms with Gasteiger partial charge < -0.3 is 27.7 Å². The van der Waals surface area contributed by atoms with Gasteiger partial charge in [-0.25, -0.2) is 0 Å². The van der Waals surface area contributed by atoms with Gasteiger partial charge in [0.05, 0.1) is 5.69 Å².